The van der Waals surface area contributed by atoms with Crippen LogP contribution in [0.1, 0.15) is 81.4 Å². The monoisotopic (exact) mass is 635 g/mol. The number of alkyl halides is 2. The van der Waals surface area contributed by atoms with Crippen molar-refractivity contribution in [1.29, 1.82) is 0 Å². The molecule has 45 heavy (non-hydrogen) atoms. The van der Waals surface area contributed by atoms with E-state index in [1.54, 1.807) is 32.9 Å². The van der Waals surface area contributed by atoms with E-state index in [0.717, 1.165) is 4.90 Å². The van der Waals surface area contributed by atoms with Gasteiger partial charge in [-0.3, -0.25) is 9.59 Å². The number of aryl methyl sites for hydroxylation is 1. The standard InChI is InChI=1S/C30H38F3N3O4.C3H8.C2H6/c1-6-9-25(36(18-30(5,32)33)17-27(38)34-12-7-2)28(39)24(16-21-10-8-11-22(31)15-21)35-29(40)23-13-19(3)14-26(37)20(23)4;1-3-2;1-2/h7-11,13-15,24,28,37,39H,2,6,12,16-18H2,1,3-5H3,(H,34,38)(H,35,40);3H2,1-2H3;1-2H3/b25-9+;;. The van der Waals surface area contributed by atoms with Crippen LogP contribution in [0.3, 0.4) is 0 Å². The minimum absolute atomic E-state index is 0.0169. The molecule has 4 N–H and O–H groups in total. The van der Waals surface area contributed by atoms with E-state index in [4.69, 9.17) is 0 Å². The van der Waals surface area contributed by atoms with Gasteiger partial charge in [-0.15, -0.1) is 6.58 Å². The molecule has 0 heterocycles. The molecule has 0 aliphatic rings. The molecular formula is C35H52F3N3O4. The molecule has 0 bridgehead atoms. The van der Waals surface area contributed by atoms with Gasteiger partial charge < -0.3 is 25.7 Å². The molecule has 2 amide bonds. The summed E-state index contributed by atoms with van der Waals surface area (Å²) < 4.78 is 42.5. The number of hydrogen-bond donors (Lipinski definition) is 4. The maximum atomic E-state index is 14.2. The van der Waals surface area contributed by atoms with Crippen molar-refractivity contribution in [3.8, 4) is 5.75 Å². The zero-order chi connectivity index (χ0) is 34.7. The van der Waals surface area contributed by atoms with E-state index in [1.165, 1.54) is 42.8 Å². The second-order valence-corrected chi connectivity index (χ2v) is 10.6. The summed E-state index contributed by atoms with van der Waals surface area (Å²) in [6, 6.07) is 7.57. The predicted octanol–water partition coefficient (Wildman–Crippen LogP) is 6.85. The van der Waals surface area contributed by atoms with Crippen LogP contribution in [0.2, 0.25) is 0 Å². The average molecular weight is 636 g/mol. The van der Waals surface area contributed by atoms with Gasteiger partial charge in [-0.1, -0.05) is 65.3 Å². The van der Waals surface area contributed by atoms with Gasteiger partial charge in [-0.2, -0.15) is 0 Å². The van der Waals surface area contributed by atoms with Crippen LogP contribution in [0.15, 0.2) is 60.8 Å². The Morgan fingerprint density at radius 1 is 1.11 bits per heavy atom. The average Bonchev–Trinajstić information content (AvgIpc) is 2.96. The molecule has 2 aromatic carbocycles. The number of carbonyl (C=O) groups is 2. The Morgan fingerprint density at radius 3 is 2.27 bits per heavy atom. The SMILES string of the molecule is C=CCNC(=O)CN(CC(C)(F)F)/C(=C/CC)C(O)C(Cc1cccc(F)c1)NC(=O)c1cc(C)cc(O)c1C.CC.CCC. The highest BCUT2D eigenvalue weighted by atomic mass is 19.3. The van der Waals surface area contributed by atoms with E-state index in [9.17, 15) is 33.0 Å². The van der Waals surface area contributed by atoms with Gasteiger partial charge in [-0.05, 0) is 62.1 Å². The Labute approximate surface area is 267 Å². The van der Waals surface area contributed by atoms with Crippen molar-refractivity contribution in [2.45, 2.75) is 92.7 Å². The van der Waals surface area contributed by atoms with Gasteiger partial charge in [0.25, 0.3) is 11.8 Å². The van der Waals surface area contributed by atoms with Gasteiger partial charge in [-0.25, -0.2) is 13.2 Å². The second kappa shape index (κ2) is 21.0. The number of nitrogens with one attached hydrogen (secondary N) is 2. The molecule has 2 rings (SSSR count). The molecule has 0 saturated heterocycles. The lowest BCUT2D eigenvalue weighted by Gasteiger charge is -2.35. The summed E-state index contributed by atoms with van der Waals surface area (Å²) >= 11 is 0. The first-order chi connectivity index (χ1) is 21.2. The first-order valence-corrected chi connectivity index (χ1v) is 15.4. The first kappa shape index (κ1) is 41.2. The summed E-state index contributed by atoms with van der Waals surface area (Å²) in [5, 5.41) is 27.1. The van der Waals surface area contributed by atoms with Crippen LogP contribution in [0, 0.1) is 19.7 Å². The Balaban J connectivity index is 0.00000364. The van der Waals surface area contributed by atoms with Crippen LogP contribution in [-0.2, 0) is 11.2 Å². The van der Waals surface area contributed by atoms with Crippen LogP contribution >= 0.6 is 0 Å². The van der Waals surface area contributed by atoms with E-state index >= 15 is 0 Å². The second-order valence-electron chi connectivity index (χ2n) is 10.6. The molecule has 2 atom stereocenters. The summed E-state index contributed by atoms with van der Waals surface area (Å²) in [7, 11) is 0. The van der Waals surface area contributed by atoms with Crippen molar-refractivity contribution in [3.05, 3.63) is 88.9 Å². The molecule has 2 aromatic rings. The number of aliphatic hydroxyl groups is 1. The van der Waals surface area contributed by atoms with Gasteiger partial charge in [0.1, 0.15) is 17.7 Å². The highest BCUT2D eigenvalue weighted by Gasteiger charge is 2.34. The Kier molecular flexibility index (Phi) is 19.3. The van der Waals surface area contributed by atoms with Crippen molar-refractivity contribution < 1.29 is 33.0 Å². The molecule has 0 fully saturated rings. The number of allylic oxidation sites excluding steroid dienone is 1. The molecular weight excluding hydrogens is 583 g/mol. The van der Waals surface area contributed by atoms with E-state index < -0.39 is 48.8 Å². The predicted molar refractivity (Wildman–Crippen MR) is 176 cm³/mol. The fourth-order valence-corrected chi connectivity index (χ4v) is 4.32. The van der Waals surface area contributed by atoms with Crippen LogP contribution < -0.4 is 10.6 Å². The fourth-order valence-electron chi connectivity index (χ4n) is 4.32. The van der Waals surface area contributed by atoms with Crippen molar-refractivity contribution >= 4 is 11.8 Å². The third-order valence-electron chi connectivity index (χ3n) is 6.14. The zero-order valence-electron chi connectivity index (χ0n) is 28.0. The van der Waals surface area contributed by atoms with Crippen LogP contribution in [0.25, 0.3) is 0 Å². The third-order valence-corrected chi connectivity index (χ3v) is 6.14. The highest BCUT2D eigenvalue weighted by Crippen LogP contribution is 2.25. The lowest BCUT2D eigenvalue weighted by atomic mass is 9.96. The number of phenols is 1. The maximum Gasteiger partial charge on any atom is 0.262 e. The minimum atomic E-state index is -3.22. The number of aliphatic hydroxyl groups excluding tert-OH is 1. The van der Waals surface area contributed by atoms with Gasteiger partial charge in [0, 0.05) is 30.3 Å². The largest absolute Gasteiger partial charge is 0.508 e. The summed E-state index contributed by atoms with van der Waals surface area (Å²) in [6.07, 6.45) is 2.94. The molecule has 0 aromatic heterocycles. The maximum absolute atomic E-state index is 14.2. The third kappa shape index (κ3) is 15.2. The summed E-state index contributed by atoms with van der Waals surface area (Å²) in [6.45, 7) is 16.3. The van der Waals surface area contributed by atoms with Gasteiger partial charge >= 0.3 is 0 Å². The molecule has 0 aliphatic carbocycles. The van der Waals surface area contributed by atoms with Gasteiger partial charge in [0.05, 0.1) is 19.1 Å². The Hall–Kier alpha value is -3.79. The number of carbonyl (C=O) groups excluding carboxylic acids is 2. The van der Waals surface area contributed by atoms with E-state index in [-0.39, 0.29) is 30.0 Å². The van der Waals surface area contributed by atoms with Gasteiger partial charge in [0.2, 0.25) is 5.91 Å². The number of rotatable bonds is 14. The molecule has 0 radical (unpaired) electrons. The number of hydrogen-bond acceptors (Lipinski definition) is 5. The van der Waals surface area contributed by atoms with Crippen molar-refractivity contribution in [1.82, 2.24) is 15.5 Å². The van der Waals surface area contributed by atoms with Crippen LogP contribution in [0.5, 0.6) is 5.75 Å². The number of aromatic hydroxyl groups is 1. The quantitative estimate of drug-likeness (QED) is 0.170. The number of phenolic OH excluding ortho intramolecular Hbond substituents is 1. The van der Waals surface area contributed by atoms with E-state index in [0.29, 0.717) is 30.0 Å². The Bertz CT molecular complexity index is 1250. The number of amides is 2. The molecule has 252 valence electrons. The molecule has 7 nitrogen and oxygen atoms in total. The van der Waals surface area contributed by atoms with Crippen molar-refractivity contribution in [2.24, 2.45) is 0 Å². The van der Waals surface area contributed by atoms with Crippen LogP contribution in [0.4, 0.5) is 13.2 Å². The smallest absolute Gasteiger partial charge is 0.262 e. The number of nitrogens with zero attached hydrogens (tertiary/aromatic N) is 1. The molecule has 0 saturated carbocycles. The topological polar surface area (TPSA) is 102 Å². The highest BCUT2D eigenvalue weighted by molar-refractivity contribution is 5.96. The number of halogens is 3. The lowest BCUT2D eigenvalue weighted by molar-refractivity contribution is -0.122. The van der Waals surface area contributed by atoms with E-state index in [2.05, 4.69) is 31.1 Å². The summed E-state index contributed by atoms with van der Waals surface area (Å²) in [5.41, 5.74) is 1.57. The van der Waals surface area contributed by atoms with Gasteiger partial charge in [0.15, 0.2) is 0 Å². The molecule has 0 spiro atoms. The van der Waals surface area contributed by atoms with Crippen molar-refractivity contribution in [2.75, 3.05) is 19.6 Å². The normalized spacial score (nSPS) is 12.4. The molecule has 10 heteroatoms. The van der Waals surface area contributed by atoms with Crippen LogP contribution in [-0.4, -0.2) is 64.6 Å². The molecule has 0 aliphatic heterocycles. The number of benzene rings is 2. The summed E-state index contributed by atoms with van der Waals surface area (Å²) in [5.74, 6) is -5.00. The first-order valence-electron chi connectivity index (χ1n) is 15.4. The van der Waals surface area contributed by atoms with E-state index in [1.807, 2.05) is 13.8 Å². The summed E-state index contributed by atoms with van der Waals surface area (Å²) in [4.78, 5) is 27.0. The Morgan fingerprint density at radius 2 is 1.73 bits per heavy atom. The minimum Gasteiger partial charge on any atom is -0.508 e. The molecule has 2 unspecified atom stereocenters. The fraction of sp³-hybridized carbons (Fsp3) is 0.486. The lowest BCUT2D eigenvalue weighted by Crippen LogP contribution is -2.51. The van der Waals surface area contributed by atoms with Crippen molar-refractivity contribution in [3.63, 3.8) is 0 Å². The zero-order valence-corrected chi connectivity index (χ0v) is 28.0.